The molecule has 0 aromatic heterocycles. The van der Waals surface area contributed by atoms with Gasteiger partial charge in [-0.15, -0.1) is 0 Å². The maximum atomic E-state index is 11.6. The lowest BCUT2D eigenvalue weighted by Gasteiger charge is -2.35. The second-order valence-corrected chi connectivity index (χ2v) is 6.22. The first-order valence-electron chi connectivity index (χ1n) is 7.66. The Balaban J connectivity index is 1.90. The number of hydrogen-bond donors (Lipinski definition) is 2. The molecule has 1 unspecified atom stereocenters. The molecular weight excluding hydrogens is 322 g/mol. The Labute approximate surface area is 146 Å². The number of fused-ring (bicyclic) bond motifs is 1. The first kappa shape index (κ1) is 16.3. The number of rotatable bonds is 2. The number of benzene rings is 2. The number of nitrogens with one attached hydrogen (secondary N) is 1. The molecule has 24 heavy (non-hydrogen) atoms. The monoisotopic (exact) mass is 341 g/mol. The molecule has 1 aliphatic heterocycles. The van der Waals surface area contributed by atoms with Gasteiger partial charge < -0.3 is 20.7 Å². The van der Waals surface area contributed by atoms with Crippen LogP contribution in [0.4, 0.5) is 11.4 Å². The molecule has 0 radical (unpaired) electrons. The summed E-state index contributed by atoms with van der Waals surface area (Å²) in [5, 5.41) is 3.78. The van der Waals surface area contributed by atoms with Gasteiger partial charge >= 0.3 is 0 Å². The molecule has 0 bridgehead atoms. The van der Waals surface area contributed by atoms with Gasteiger partial charge in [0, 0.05) is 5.69 Å². The van der Waals surface area contributed by atoms with E-state index in [4.69, 9.17) is 22.7 Å². The molecule has 1 amide bonds. The fourth-order valence-electron chi connectivity index (χ4n) is 2.63. The van der Waals surface area contributed by atoms with Crippen molar-refractivity contribution in [2.75, 3.05) is 16.8 Å². The van der Waals surface area contributed by atoms with Gasteiger partial charge in [0.1, 0.15) is 5.75 Å². The van der Waals surface area contributed by atoms with E-state index in [1.54, 1.807) is 6.07 Å². The molecule has 1 atom stereocenters. The maximum absolute atomic E-state index is 11.6. The van der Waals surface area contributed by atoms with Crippen molar-refractivity contribution >= 4 is 34.6 Å². The van der Waals surface area contributed by atoms with Crippen LogP contribution in [0, 0.1) is 13.8 Å². The summed E-state index contributed by atoms with van der Waals surface area (Å²) in [6.45, 7) is 4.33. The Bertz CT molecular complexity index is 807. The van der Waals surface area contributed by atoms with Crippen LogP contribution in [-0.4, -0.2) is 23.7 Å². The summed E-state index contributed by atoms with van der Waals surface area (Å²) >= 11 is 5.58. The van der Waals surface area contributed by atoms with Crippen molar-refractivity contribution in [2.24, 2.45) is 5.73 Å². The summed E-state index contributed by atoms with van der Waals surface area (Å²) in [5.41, 5.74) is 9.43. The van der Waals surface area contributed by atoms with Gasteiger partial charge in [0.05, 0.1) is 12.2 Å². The van der Waals surface area contributed by atoms with Crippen molar-refractivity contribution in [2.45, 2.75) is 20.0 Å². The van der Waals surface area contributed by atoms with Gasteiger partial charge in [-0.3, -0.25) is 4.79 Å². The number of anilines is 2. The fourth-order valence-corrected chi connectivity index (χ4v) is 2.91. The highest BCUT2D eigenvalue weighted by Crippen LogP contribution is 2.33. The number of carbonyl (C=O) groups excluding carboxylic acids is 1. The Hall–Kier alpha value is -2.60. The van der Waals surface area contributed by atoms with Crippen LogP contribution in [-0.2, 0) is 4.79 Å². The molecule has 124 valence electrons. The number of hydrogen-bond acceptors (Lipinski definition) is 3. The molecule has 1 heterocycles. The molecule has 2 aromatic carbocycles. The van der Waals surface area contributed by atoms with Crippen LogP contribution >= 0.6 is 12.2 Å². The third-order valence-corrected chi connectivity index (χ3v) is 4.29. The third kappa shape index (κ3) is 3.19. The zero-order chi connectivity index (χ0) is 17.3. The normalized spacial score (nSPS) is 16.1. The van der Waals surface area contributed by atoms with Crippen LogP contribution < -0.4 is 20.7 Å². The predicted molar refractivity (Wildman–Crippen MR) is 99.5 cm³/mol. The molecule has 3 N–H and O–H groups in total. The van der Waals surface area contributed by atoms with Gasteiger partial charge in [-0.25, -0.2) is 0 Å². The minimum Gasteiger partial charge on any atom is -0.477 e. The van der Waals surface area contributed by atoms with Crippen molar-refractivity contribution in [1.29, 1.82) is 0 Å². The molecule has 1 aliphatic rings. The molecule has 0 spiro atoms. The van der Waals surface area contributed by atoms with Crippen molar-refractivity contribution in [3.8, 4) is 5.75 Å². The smallest absolute Gasteiger partial charge is 0.260 e. The quantitative estimate of drug-likeness (QED) is 0.822. The first-order chi connectivity index (χ1) is 11.5. The molecule has 0 saturated carbocycles. The van der Waals surface area contributed by atoms with E-state index in [2.05, 4.69) is 11.4 Å². The van der Waals surface area contributed by atoms with Crippen LogP contribution in [0.5, 0.6) is 5.75 Å². The Morgan fingerprint density at radius 1 is 1.29 bits per heavy atom. The lowest BCUT2D eigenvalue weighted by atomic mass is 10.1. The maximum Gasteiger partial charge on any atom is 0.260 e. The van der Waals surface area contributed by atoms with E-state index < -0.39 is 12.0 Å². The standard InChI is InChI=1S/C18H19N3O2S/c1-11-7-8-12(2)13(9-11)20-18(24)21-10-16(17(19)22)23-15-6-4-3-5-14(15)21/h3-9,16H,10H2,1-2H3,(H2,19,22)(H,20,24). The number of carbonyl (C=O) groups is 1. The molecule has 0 aliphatic carbocycles. The first-order valence-corrected chi connectivity index (χ1v) is 8.07. The molecule has 0 saturated heterocycles. The van der Waals surface area contributed by atoms with Crippen LogP contribution in [0.2, 0.25) is 0 Å². The predicted octanol–water partition coefficient (Wildman–Crippen LogP) is 2.75. The molecule has 2 aromatic rings. The van der Waals surface area contributed by atoms with Gasteiger partial charge in [-0.1, -0.05) is 24.3 Å². The molecular formula is C18H19N3O2S. The Kier molecular flexibility index (Phi) is 4.40. The van der Waals surface area contributed by atoms with E-state index in [9.17, 15) is 4.79 Å². The molecule has 0 fully saturated rings. The van der Waals surface area contributed by atoms with Gasteiger partial charge in [-0.2, -0.15) is 0 Å². The van der Waals surface area contributed by atoms with E-state index in [0.29, 0.717) is 10.9 Å². The number of amides is 1. The number of nitrogens with two attached hydrogens (primary N) is 1. The molecule has 6 heteroatoms. The SMILES string of the molecule is Cc1ccc(C)c(NC(=S)N2CC(C(N)=O)Oc3ccccc32)c1. The van der Waals surface area contributed by atoms with Crippen molar-refractivity contribution < 1.29 is 9.53 Å². The van der Waals surface area contributed by atoms with Crippen molar-refractivity contribution in [3.05, 3.63) is 53.6 Å². The van der Waals surface area contributed by atoms with Crippen LogP contribution in [0.3, 0.4) is 0 Å². The third-order valence-electron chi connectivity index (χ3n) is 3.97. The van der Waals surface area contributed by atoms with Crippen molar-refractivity contribution in [3.63, 3.8) is 0 Å². The highest BCUT2D eigenvalue weighted by molar-refractivity contribution is 7.80. The summed E-state index contributed by atoms with van der Waals surface area (Å²) < 4.78 is 5.66. The van der Waals surface area contributed by atoms with E-state index in [1.165, 1.54) is 0 Å². The van der Waals surface area contributed by atoms with Crippen molar-refractivity contribution in [1.82, 2.24) is 0 Å². The summed E-state index contributed by atoms with van der Waals surface area (Å²) in [7, 11) is 0. The number of thiocarbonyl (C=S) groups is 1. The number of nitrogens with zero attached hydrogens (tertiary/aromatic N) is 1. The number of para-hydroxylation sites is 2. The van der Waals surface area contributed by atoms with Gasteiger partial charge in [0.2, 0.25) is 0 Å². The van der Waals surface area contributed by atoms with Gasteiger partial charge in [0.15, 0.2) is 11.2 Å². The topological polar surface area (TPSA) is 67.6 Å². The van der Waals surface area contributed by atoms with Gasteiger partial charge in [-0.05, 0) is 55.4 Å². The minimum atomic E-state index is -0.738. The average Bonchev–Trinajstić information content (AvgIpc) is 2.57. The van der Waals surface area contributed by atoms with E-state index >= 15 is 0 Å². The summed E-state index contributed by atoms with van der Waals surface area (Å²) in [6, 6.07) is 13.6. The van der Waals surface area contributed by atoms with E-state index in [-0.39, 0.29) is 6.54 Å². The highest BCUT2D eigenvalue weighted by atomic mass is 32.1. The second kappa shape index (κ2) is 6.49. The Morgan fingerprint density at radius 3 is 2.79 bits per heavy atom. The lowest BCUT2D eigenvalue weighted by molar-refractivity contribution is -0.124. The van der Waals surface area contributed by atoms with E-state index in [1.807, 2.05) is 49.1 Å². The zero-order valence-corrected chi connectivity index (χ0v) is 14.4. The average molecular weight is 341 g/mol. The second-order valence-electron chi connectivity index (χ2n) is 5.84. The number of ether oxygens (including phenoxy) is 1. The molecule has 3 rings (SSSR count). The lowest BCUT2D eigenvalue weighted by Crippen LogP contribution is -2.50. The number of aryl methyl sites for hydroxylation is 2. The summed E-state index contributed by atoms with van der Waals surface area (Å²) in [6.07, 6.45) is -0.738. The summed E-state index contributed by atoms with van der Waals surface area (Å²) in [5.74, 6) is 0.0849. The largest absolute Gasteiger partial charge is 0.477 e. The summed E-state index contributed by atoms with van der Waals surface area (Å²) in [4.78, 5) is 13.4. The van der Waals surface area contributed by atoms with Crippen LogP contribution in [0.25, 0.3) is 0 Å². The molecule has 5 nitrogen and oxygen atoms in total. The minimum absolute atomic E-state index is 0.281. The zero-order valence-electron chi connectivity index (χ0n) is 13.6. The fraction of sp³-hybridized carbons (Fsp3) is 0.222. The van der Waals surface area contributed by atoms with Crippen LogP contribution in [0.1, 0.15) is 11.1 Å². The number of primary amides is 1. The van der Waals surface area contributed by atoms with Gasteiger partial charge in [0.25, 0.3) is 5.91 Å². The van der Waals surface area contributed by atoms with Crippen LogP contribution in [0.15, 0.2) is 42.5 Å². The highest BCUT2D eigenvalue weighted by Gasteiger charge is 2.31. The van der Waals surface area contributed by atoms with E-state index in [0.717, 1.165) is 22.5 Å². The Morgan fingerprint density at radius 2 is 2.04 bits per heavy atom.